The topological polar surface area (TPSA) is 110 Å². The highest BCUT2D eigenvalue weighted by molar-refractivity contribution is 7.20. The van der Waals surface area contributed by atoms with Crippen molar-refractivity contribution in [1.82, 2.24) is 15.3 Å². The van der Waals surface area contributed by atoms with Crippen LogP contribution in [0, 0.1) is 13.8 Å². The molecule has 8 nitrogen and oxygen atoms in total. The maximum Gasteiger partial charge on any atom is 0.349 e. The Morgan fingerprint density at radius 3 is 2.76 bits per heavy atom. The summed E-state index contributed by atoms with van der Waals surface area (Å²) in [5.74, 6) is 0.173. The lowest BCUT2D eigenvalue weighted by Gasteiger charge is -2.09. The molecule has 29 heavy (non-hydrogen) atoms. The summed E-state index contributed by atoms with van der Waals surface area (Å²) >= 11 is 1.08. The fourth-order valence-electron chi connectivity index (χ4n) is 2.94. The van der Waals surface area contributed by atoms with Crippen molar-refractivity contribution in [3.05, 3.63) is 56.4 Å². The Morgan fingerprint density at radius 1 is 1.24 bits per heavy atom. The zero-order valence-corrected chi connectivity index (χ0v) is 17.1. The molecule has 0 aliphatic heterocycles. The van der Waals surface area contributed by atoms with E-state index in [1.54, 1.807) is 21.0 Å². The second kappa shape index (κ2) is 8.87. The average Bonchev–Trinajstić information content (AvgIpc) is 3.03. The fourth-order valence-corrected chi connectivity index (χ4v) is 4.06. The number of methoxy groups -OCH3 is 1. The minimum atomic E-state index is -0.651. The third-order valence-corrected chi connectivity index (χ3v) is 5.51. The molecule has 0 aliphatic rings. The number of aromatic amines is 1. The molecule has 9 heteroatoms. The third kappa shape index (κ3) is 4.62. The van der Waals surface area contributed by atoms with Crippen LogP contribution in [-0.4, -0.2) is 42.1 Å². The summed E-state index contributed by atoms with van der Waals surface area (Å²) in [5.41, 5.74) is 1.18. The number of ether oxygens (including phenoxy) is 2. The van der Waals surface area contributed by atoms with Gasteiger partial charge in [0, 0.05) is 6.54 Å². The first-order chi connectivity index (χ1) is 13.9. The van der Waals surface area contributed by atoms with Crippen LogP contribution in [0.5, 0.6) is 5.75 Å². The third-order valence-electron chi connectivity index (χ3n) is 4.35. The van der Waals surface area contributed by atoms with Gasteiger partial charge in [-0.15, -0.1) is 11.3 Å². The molecule has 0 bridgehead atoms. The lowest BCUT2D eigenvalue weighted by Crippen LogP contribution is -2.30. The molecular weight excluding hydrogens is 394 g/mol. The van der Waals surface area contributed by atoms with Gasteiger partial charge >= 0.3 is 5.97 Å². The molecule has 152 valence electrons. The number of carbonyl (C=O) groups is 2. The molecule has 0 saturated carbocycles. The summed E-state index contributed by atoms with van der Waals surface area (Å²) in [5, 5.41) is 3.08. The van der Waals surface area contributed by atoms with E-state index in [9.17, 15) is 14.4 Å². The van der Waals surface area contributed by atoms with Crippen LogP contribution in [0.3, 0.4) is 0 Å². The van der Waals surface area contributed by atoms with E-state index in [0.29, 0.717) is 34.6 Å². The Labute approximate surface area is 170 Å². The highest BCUT2D eigenvalue weighted by Gasteiger charge is 2.20. The van der Waals surface area contributed by atoms with Crippen LogP contribution >= 0.6 is 11.3 Å². The zero-order valence-electron chi connectivity index (χ0n) is 16.3. The van der Waals surface area contributed by atoms with E-state index in [4.69, 9.17) is 9.47 Å². The van der Waals surface area contributed by atoms with E-state index in [1.165, 1.54) is 0 Å². The van der Waals surface area contributed by atoms with E-state index >= 15 is 0 Å². The Bertz CT molecular complexity index is 1120. The van der Waals surface area contributed by atoms with Gasteiger partial charge in [0.25, 0.3) is 11.5 Å². The van der Waals surface area contributed by atoms with Gasteiger partial charge in [0.2, 0.25) is 0 Å². The molecule has 0 radical (unpaired) electrons. The number of thiophene rings is 1. The van der Waals surface area contributed by atoms with E-state index in [0.717, 1.165) is 22.6 Å². The normalized spacial score (nSPS) is 10.7. The van der Waals surface area contributed by atoms with Gasteiger partial charge in [-0.1, -0.05) is 18.2 Å². The number of benzene rings is 1. The Balaban J connectivity index is 1.56. The van der Waals surface area contributed by atoms with Crippen molar-refractivity contribution in [2.75, 3.05) is 20.3 Å². The van der Waals surface area contributed by atoms with Gasteiger partial charge in [0.05, 0.1) is 12.5 Å². The molecule has 0 unspecified atom stereocenters. The molecule has 2 aromatic heterocycles. The Hall–Kier alpha value is -3.20. The number of hydrogen-bond acceptors (Lipinski definition) is 7. The van der Waals surface area contributed by atoms with Crippen molar-refractivity contribution in [3.63, 3.8) is 0 Å². The molecule has 0 saturated heterocycles. The smallest absolute Gasteiger partial charge is 0.349 e. The van der Waals surface area contributed by atoms with Crippen LogP contribution in [0.15, 0.2) is 29.1 Å². The number of nitrogens with one attached hydrogen (secondary N) is 2. The van der Waals surface area contributed by atoms with E-state index in [-0.39, 0.29) is 10.4 Å². The number of aryl methyl sites for hydroxylation is 2. The molecule has 0 atom stereocenters. The first-order valence-electron chi connectivity index (χ1n) is 8.96. The van der Waals surface area contributed by atoms with Crippen molar-refractivity contribution in [3.8, 4) is 5.75 Å². The molecule has 0 spiro atoms. The number of esters is 1. The Kier molecular flexibility index (Phi) is 6.28. The number of aromatic nitrogens is 2. The van der Waals surface area contributed by atoms with Gasteiger partial charge < -0.3 is 19.8 Å². The van der Waals surface area contributed by atoms with Crippen LogP contribution in [0.2, 0.25) is 0 Å². The summed E-state index contributed by atoms with van der Waals surface area (Å²) < 4.78 is 10.4. The molecule has 2 heterocycles. The summed E-state index contributed by atoms with van der Waals surface area (Å²) in [6.45, 7) is 3.32. The number of fused-ring (bicyclic) bond motifs is 1. The lowest BCUT2D eigenvalue weighted by molar-refractivity contribution is -0.124. The minimum Gasteiger partial charge on any atom is -0.496 e. The number of H-pyrrole nitrogens is 1. The van der Waals surface area contributed by atoms with Crippen LogP contribution in [0.1, 0.15) is 26.6 Å². The highest BCUT2D eigenvalue weighted by atomic mass is 32.1. The monoisotopic (exact) mass is 415 g/mol. The number of para-hydroxylation sites is 1. The van der Waals surface area contributed by atoms with Gasteiger partial charge in [0.1, 0.15) is 21.3 Å². The first-order valence-corrected chi connectivity index (χ1v) is 9.78. The van der Waals surface area contributed by atoms with Crippen molar-refractivity contribution in [1.29, 1.82) is 0 Å². The fraction of sp³-hybridized carbons (Fsp3) is 0.300. The summed E-state index contributed by atoms with van der Waals surface area (Å²) in [4.78, 5) is 44.1. The number of nitrogens with zero attached hydrogens (tertiary/aromatic N) is 1. The second-order valence-electron chi connectivity index (χ2n) is 6.38. The standard InChI is InChI=1S/C20H21N3O5S/c1-11-16-18(25)22-12(2)23-19(16)29-17(11)20(26)28-10-15(24)21-9-8-13-6-4-5-7-14(13)27-3/h4-7H,8-10H2,1-3H3,(H,21,24)(H,22,23,25). The van der Waals surface area contributed by atoms with E-state index in [1.807, 2.05) is 24.3 Å². The summed E-state index contributed by atoms with van der Waals surface area (Å²) in [6, 6.07) is 7.55. The van der Waals surface area contributed by atoms with Crippen LogP contribution in [0.25, 0.3) is 10.2 Å². The van der Waals surface area contributed by atoms with E-state index < -0.39 is 18.5 Å². The van der Waals surface area contributed by atoms with Gasteiger partial charge in [0.15, 0.2) is 6.61 Å². The van der Waals surface area contributed by atoms with Gasteiger partial charge in [-0.25, -0.2) is 9.78 Å². The van der Waals surface area contributed by atoms with Gasteiger partial charge in [-0.3, -0.25) is 9.59 Å². The molecule has 1 aromatic carbocycles. The minimum absolute atomic E-state index is 0.269. The van der Waals surface area contributed by atoms with Gasteiger partial charge in [-0.05, 0) is 37.5 Å². The zero-order chi connectivity index (χ0) is 21.0. The quantitative estimate of drug-likeness (QED) is 0.572. The predicted octanol–water partition coefficient (Wildman–Crippen LogP) is 2.13. The Morgan fingerprint density at radius 2 is 2.00 bits per heavy atom. The highest BCUT2D eigenvalue weighted by Crippen LogP contribution is 2.27. The van der Waals surface area contributed by atoms with Crippen molar-refractivity contribution in [2.45, 2.75) is 20.3 Å². The molecular formula is C20H21N3O5S. The number of carbonyl (C=O) groups excluding carboxylic acids is 2. The number of amides is 1. The first kappa shape index (κ1) is 20.5. The predicted molar refractivity (Wildman–Crippen MR) is 110 cm³/mol. The molecule has 0 aliphatic carbocycles. The summed E-state index contributed by atoms with van der Waals surface area (Å²) in [6.07, 6.45) is 0.590. The average molecular weight is 415 g/mol. The molecule has 3 rings (SSSR count). The largest absolute Gasteiger partial charge is 0.496 e. The number of rotatable bonds is 7. The molecule has 3 aromatic rings. The van der Waals surface area contributed by atoms with Gasteiger partial charge in [-0.2, -0.15) is 0 Å². The lowest BCUT2D eigenvalue weighted by atomic mass is 10.1. The van der Waals surface area contributed by atoms with Crippen molar-refractivity contribution >= 4 is 33.4 Å². The molecule has 1 amide bonds. The van der Waals surface area contributed by atoms with Crippen molar-refractivity contribution < 1.29 is 19.1 Å². The summed E-state index contributed by atoms with van der Waals surface area (Å²) in [7, 11) is 1.59. The SMILES string of the molecule is COc1ccccc1CCNC(=O)COC(=O)c1sc2nc(C)[nH]c(=O)c2c1C. The number of hydrogen-bond donors (Lipinski definition) is 2. The maximum atomic E-state index is 12.4. The van der Waals surface area contributed by atoms with E-state index in [2.05, 4.69) is 15.3 Å². The molecule has 0 fully saturated rings. The van der Waals surface area contributed by atoms with Crippen LogP contribution in [-0.2, 0) is 16.0 Å². The van der Waals surface area contributed by atoms with Crippen LogP contribution < -0.4 is 15.6 Å². The second-order valence-corrected chi connectivity index (χ2v) is 7.37. The van der Waals surface area contributed by atoms with Crippen LogP contribution in [0.4, 0.5) is 0 Å². The van der Waals surface area contributed by atoms with Crippen molar-refractivity contribution in [2.24, 2.45) is 0 Å². The maximum absolute atomic E-state index is 12.4. The molecule has 2 N–H and O–H groups in total.